The normalized spacial score (nSPS) is 14.0. The van der Waals surface area contributed by atoms with E-state index in [4.69, 9.17) is 9.51 Å². The molecule has 144 valence electrons. The quantitative estimate of drug-likeness (QED) is 0.533. The van der Waals surface area contributed by atoms with Gasteiger partial charge in [-0.3, -0.25) is 4.90 Å². The third-order valence-electron chi connectivity index (χ3n) is 5.11. The molecule has 7 heteroatoms. The topological polar surface area (TPSA) is 80.8 Å². The van der Waals surface area contributed by atoms with Crippen LogP contribution >= 0.6 is 0 Å². The first-order chi connectivity index (χ1) is 14.2. The largest absolute Gasteiger partial charge is 0.356 e. The first-order valence-electron chi connectivity index (χ1n) is 9.60. The van der Waals surface area contributed by atoms with Gasteiger partial charge in [-0.25, -0.2) is 19.9 Å². The summed E-state index contributed by atoms with van der Waals surface area (Å²) >= 11 is 0. The molecule has 4 aromatic rings. The van der Waals surface area contributed by atoms with E-state index in [2.05, 4.69) is 56.2 Å². The highest BCUT2D eigenvalue weighted by Crippen LogP contribution is 2.24. The molecule has 0 spiro atoms. The molecule has 0 aliphatic carbocycles. The van der Waals surface area contributed by atoms with Gasteiger partial charge in [-0.05, 0) is 6.92 Å². The second-order valence-electron chi connectivity index (χ2n) is 7.30. The first-order valence-corrected chi connectivity index (χ1v) is 9.60. The summed E-state index contributed by atoms with van der Waals surface area (Å²) in [6, 6.07) is 10.3. The third-order valence-corrected chi connectivity index (χ3v) is 5.11. The Hall–Kier alpha value is -3.45. The van der Waals surface area contributed by atoms with E-state index in [-0.39, 0.29) is 0 Å². The van der Waals surface area contributed by atoms with Crippen LogP contribution < -0.4 is 0 Å². The molecular weight excluding hydrogens is 364 g/mol. The zero-order chi connectivity index (χ0) is 19.6. The van der Waals surface area contributed by atoms with E-state index >= 15 is 0 Å². The summed E-state index contributed by atoms with van der Waals surface area (Å²) in [5.41, 5.74) is 6.29. The summed E-state index contributed by atoms with van der Waals surface area (Å²) in [4.78, 5) is 19.7. The fourth-order valence-electron chi connectivity index (χ4n) is 3.53. The number of fused-ring (bicyclic) bond motifs is 1. The van der Waals surface area contributed by atoms with Gasteiger partial charge >= 0.3 is 0 Å². The number of rotatable bonds is 4. The number of aromatic nitrogens is 5. The Balaban J connectivity index is 1.29. The van der Waals surface area contributed by atoms with Gasteiger partial charge in [0.1, 0.15) is 6.33 Å². The minimum Gasteiger partial charge on any atom is -0.356 e. The number of hydrogen-bond acceptors (Lipinski definition) is 7. The standard InChI is InChI=1S/C22H20N6O/c1-15-2-4-16(5-3-15)21-8-19(27-29-21)13-28-7-6-20-18(12-28)11-25-22(26-20)17-9-23-14-24-10-17/h2-5,8-11,14H,6-7,12-13H2,1H3. The zero-order valence-electron chi connectivity index (χ0n) is 16.1. The average molecular weight is 384 g/mol. The van der Waals surface area contributed by atoms with Gasteiger partial charge in [0.05, 0.1) is 17.0 Å². The molecule has 3 aromatic heterocycles. The van der Waals surface area contributed by atoms with E-state index in [1.54, 1.807) is 12.4 Å². The van der Waals surface area contributed by atoms with Gasteiger partial charge in [-0.1, -0.05) is 35.0 Å². The van der Waals surface area contributed by atoms with Crippen molar-refractivity contribution in [1.29, 1.82) is 0 Å². The lowest BCUT2D eigenvalue weighted by Crippen LogP contribution is -2.31. The first kappa shape index (κ1) is 17.6. The van der Waals surface area contributed by atoms with Crippen LogP contribution in [0.5, 0.6) is 0 Å². The Labute approximate surface area is 168 Å². The highest BCUT2D eigenvalue weighted by molar-refractivity contribution is 5.57. The monoisotopic (exact) mass is 384 g/mol. The summed E-state index contributed by atoms with van der Waals surface area (Å²) in [7, 11) is 0. The molecule has 4 heterocycles. The smallest absolute Gasteiger partial charge is 0.167 e. The van der Waals surface area contributed by atoms with Crippen LogP contribution in [-0.4, -0.2) is 36.5 Å². The van der Waals surface area contributed by atoms with Gasteiger partial charge in [0.25, 0.3) is 0 Å². The fraction of sp³-hybridized carbons (Fsp3) is 0.227. The van der Waals surface area contributed by atoms with Crippen LogP contribution in [0.1, 0.15) is 22.5 Å². The molecule has 0 fully saturated rings. The van der Waals surface area contributed by atoms with Crippen LogP contribution in [0.15, 0.2) is 59.8 Å². The van der Waals surface area contributed by atoms with Crippen molar-refractivity contribution < 1.29 is 4.52 Å². The maximum atomic E-state index is 5.55. The van der Waals surface area contributed by atoms with Crippen molar-refractivity contribution in [2.45, 2.75) is 26.4 Å². The van der Waals surface area contributed by atoms with Crippen molar-refractivity contribution in [3.8, 4) is 22.7 Å². The molecular formula is C22H20N6O. The van der Waals surface area contributed by atoms with Gasteiger partial charge in [0, 0.05) is 61.8 Å². The van der Waals surface area contributed by atoms with Crippen molar-refractivity contribution >= 4 is 0 Å². The lowest BCUT2D eigenvalue weighted by Gasteiger charge is -2.27. The second-order valence-corrected chi connectivity index (χ2v) is 7.30. The molecule has 1 aliphatic rings. The molecule has 1 aromatic carbocycles. The maximum Gasteiger partial charge on any atom is 0.167 e. The van der Waals surface area contributed by atoms with Crippen molar-refractivity contribution in [2.75, 3.05) is 6.54 Å². The van der Waals surface area contributed by atoms with Crippen LogP contribution in [0.2, 0.25) is 0 Å². The molecule has 0 saturated carbocycles. The van der Waals surface area contributed by atoms with E-state index in [0.29, 0.717) is 5.82 Å². The summed E-state index contributed by atoms with van der Waals surface area (Å²) in [5.74, 6) is 1.48. The van der Waals surface area contributed by atoms with E-state index in [9.17, 15) is 0 Å². The van der Waals surface area contributed by atoms with E-state index < -0.39 is 0 Å². The molecule has 29 heavy (non-hydrogen) atoms. The second kappa shape index (κ2) is 7.52. The maximum absolute atomic E-state index is 5.55. The van der Waals surface area contributed by atoms with Crippen LogP contribution in [0.3, 0.4) is 0 Å². The summed E-state index contributed by atoms with van der Waals surface area (Å²) in [6.45, 7) is 4.53. The molecule has 0 saturated heterocycles. The number of hydrogen-bond donors (Lipinski definition) is 0. The molecule has 0 atom stereocenters. The Morgan fingerprint density at radius 2 is 1.86 bits per heavy atom. The van der Waals surface area contributed by atoms with E-state index in [1.165, 1.54) is 11.9 Å². The molecule has 5 rings (SSSR count). The fourth-order valence-corrected chi connectivity index (χ4v) is 3.53. The van der Waals surface area contributed by atoms with E-state index in [1.807, 2.05) is 12.3 Å². The predicted octanol–water partition coefficient (Wildman–Crippen LogP) is 3.46. The van der Waals surface area contributed by atoms with Gasteiger partial charge in [0.2, 0.25) is 0 Å². The highest BCUT2D eigenvalue weighted by Gasteiger charge is 2.20. The lowest BCUT2D eigenvalue weighted by atomic mass is 10.1. The van der Waals surface area contributed by atoms with Gasteiger partial charge < -0.3 is 4.52 Å². The van der Waals surface area contributed by atoms with E-state index in [0.717, 1.165) is 59.9 Å². The minimum atomic E-state index is 0.678. The zero-order valence-corrected chi connectivity index (χ0v) is 16.1. The third kappa shape index (κ3) is 3.77. The van der Waals surface area contributed by atoms with Gasteiger partial charge in [-0.15, -0.1) is 0 Å². The Morgan fingerprint density at radius 3 is 2.69 bits per heavy atom. The molecule has 0 amide bonds. The molecule has 0 unspecified atom stereocenters. The average Bonchev–Trinajstić information content (AvgIpc) is 3.23. The van der Waals surface area contributed by atoms with Crippen LogP contribution in [0.4, 0.5) is 0 Å². The number of benzene rings is 1. The number of nitrogens with zero attached hydrogens (tertiary/aromatic N) is 6. The van der Waals surface area contributed by atoms with Crippen molar-refractivity contribution in [2.24, 2.45) is 0 Å². The summed E-state index contributed by atoms with van der Waals surface area (Å²) in [5, 5.41) is 4.26. The Kier molecular flexibility index (Phi) is 4.57. The predicted molar refractivity (Wildman–Crippen MR) is 108 cm³/mol. The molecule has 0 N–H and O–H groups in total. The van der Waals surface area contributed by atoms with Gasteiger partial charge in [0.15, 0.2) is 11.6 Å². The molecule has 1 aliphatic heterocycles. The van der Waals surface area contributed by atoms with Crippen LogP contribution in [-0.2, 0) is 19.5 Å². The highest BCUT2D eigenvalue weighted by atomic mass is 16.5. The molecule has 0 radical (unpaired) electrons. The molecule has 0 bridgehead atoms. The van der Waals surface area contributed by atoms with Crippen LogP contribution in [0, 0.1) is 6.92 Å². The lowest BCUT2D eigenvalue weighted by molar-refractivity contribution is 0.235. The summed E-state index contributed by atoms with van der Waals surface area (Å²) < 4.78 is 5.55. The van der Waals surface area contributed by atoms with Crippen molar-refractivity contribution in [3.63, 3.8) is 0 Å². The minimum absolute atomic E-state index is 0.678. The molecule has 7 nitrogen and oxygen atoms in total. The van der Waals surface area contributed by atoms with Crippen molar-refractivity contribution in [1.82, 2.24) is 30.0 Å². The van der Waals surface area contributed by atoms with Crippen molar-refractivity contribution in [3.05, 3.63) is 77.8 Å². The Morgan fingerprint density at radius 1 is 1.03 bits per heavy atom. The SMILES string of the molecule is Cc1ccc(-c2cc(CN3CCc4nc(-c5cncnc5)ncc4C3)no2)cc1. The summed E-state index contributed by atoms with van der Waals surface area (Å²) in [6.07, 6.45) is 7.77. The number of aryl methyl sites for hydroxylation is 1. The van der Waals surface area contributed by atoms with Crippen LogP contribution in [0.25, 0.3) is 22.7 Å². The van der Waals surface area contributed by atoms with Gasteiger partial charge in [-0.2, -0.15) is 0 Å². The Bertz CT molecular complexity index is 1120.